The first-order valence-electron chi connectivity index (χ1n) is 4.52. The Hall–Kier alpha value is 0.310. The molecule has 1 rings (SSSR count). The van der Waals surface area contributed by atoms with Gasteiger partial charge < -0.3 is 4.90 Å². The van der Waals surface area contributed by atoms with Crippen molar-refractivity contribution in [1.82, 2.24) is 4.90 Å². The van der Waals surface area contributed by atoms with Gasteiger partial charge in [0, 0.05) is 11.8 Å². The summed E-state index contributed by atoms with van der Waals surface area (Å²) in [6, 6.07) is 0. The third kappa shape index (κ3) is 3.48. The molecule has 0 spiro atoms. The molecule has 0 amide bonds. The number of rotatable bonds is 2. The fourth-order valence-electron chi connectivity index (χ4n) is 1.62. The molecule has 0 bridgehead atoms. The molecule has 0 aromatic rings. The Labute approximate surface area is 74.5 Å². The smallest absolute Gasteiger partial charge is 0.0177 e. The lowest BCUT2D eigenvalue weighted by molar-refractivity contribution is 0.283. The van der Waals surface area contributed by atoms with E-state index in [4.69, 9.17) is 0 Å². The molecule has 0 radical (unpaired) electrons. The second-order valence-corrected chi connectivity index (χ2v) is 5.59. The number of hydrogen-bond donors (Lipinski definition) is 0. The molecule has 1 heterocycles. The van der Waals surface area contributed by atoms with E-state index in [0.717, 1.165) is 10.5 Å². The summed E-state index contributed by atoms with van der Waals surface area (Å²) in [6.45, 7) is 7.18. The summed E-state index contributed by atoms with van der Waals surface area (Å²) < 4.78 is 0. The van der Waals surface area contributed by atoms with E-state index in [1.807, 2.05) is 0 Å². The van der Waals surface area contributed by atoms with Crippen LogP contribution in [-0.4, -0.2) is 35.5 Å². The van der Waals surface area contributed by atoms with Crippen LogP contribution < -0.4 is 0 Å². The minimum absolute atomic E-state index is 0.798. The minimum atomic E-state index is 0.798. The van der Waals surface area contributed by atoms with Crippen LogP contribution in [0.1, 0.15) is 26.7 Å². The summed E-state index contributed by atoms with van der Waals surface area (Å²) in [4.78, 5) is 2.45. The van der Waals surface area contributed by atoms with Crippen molar-refractivity contribution in [1.29, 1.82) is 0 Å². The first-order chi connectivity index (χ1) is 5.18. The summed E-state index contributed by atoms with van der Waals surface area (Å²) >= 11 is 2.14. The Balaban J connectivity index is 2.23. The van der Waals surface area contributed by atoms with Crippen molar-refractivity contribution in [2.75, 3.05) is 20.1 Å². The number of hydrogen-bond acceptors (Lipinski definition) is 2. The maximum absolute atomic E-state index is 2.45. The van der Waals surface area contributed by atoms with Crippen LogP contribution in [0.4, 0.5) is 0 Å². The van der Waals surface area contributed by atoms with Crippen molar-refractivity contribution in [3.8, 4) is 0 Å². The van der Waals surface area contributed by atoms with E-state index in [-0.39, 0.29) is 0 Å². The highest BCUT2D eigenvalue weighted by atomic mass is 32.2. The highest BCUT2D eigenvalue weighted by Gasteiger charge is 2.17. The van der Waals surface area contributed by atoms with Gasteiger partial charge in [-0.05, 0) is 31.7 Å². The van der Waals surface area contributed by atoms with Crippen LogP contribution in [0.3, 0.4) is 0 Å². The monoisotopic (exact) mass is 173 g/mol. The lowest BCUT2D eigenvalue weighted by Gasteiger charge is -2.30. The fourth-order valence-corrected chi connectivity index (χ4v) is 3.03. The Bertz CT molecular complexity index is 112. The molecule has 1 atom stereocenters. The van der Waals surface area contributed by atoms with Gasteiger partial charge in [0.05, 0.1) is 0 Å². The average Bonchev–Trinajstić information content (AvgIpc) is 1.85. The van der Waals surface area contributed by atoms with Crippen LogP contribution >= 0.6 is 11.8 Å². The van der Waals surface area contributed by atoms with Gasteiger partial charge in [-0.25, -0.2) is 0 Å². The largest absolute Gasteiger partial charge is 0.305 e. The van der Waals surface area contributed by atoms with Crippen molar-refractivity contribution >= 4 is 11.8 Å². The van der Waals surface area contributed by atoms with Gasteiger partial charge >= 0.3 is 0 Å². The Kier molecular flexibility index (Phi) is 3.73. The standard InChI is InChI=1S/C9H19NS/c1-8(2)11-9-5-4-6-10(3)7-9/h8-9H,4-7H2,1-3H3. The highest BCUT2D eigenvalue weighted by Crippen LogP contribution is 2.24. The molecule has 1 saturated heterocycles. The van der Waals surface area contributed by atoms with E-state index < -0.39 is 0 Å². The molecule has 1 aliphatic rings. The Morgan fingerprint density at radius 1 is 1.45 bits per heavy atom. The van der Waals surface area contributed by atoms with Gasteiger partial charge in [-0.1, -0.05) is 13.8 Å². The lowest BCUT2D eigenvalue weighted by Crippen LogP contribution is -2.34. The second kappa shape index (κ2) is 4.36. The van der Waals surface area contributed by atoms with Crippen LogP contribution in [0.5, 0.6) is 0 Å². The van der Waals surface area contributed by atoms with Crippen LogP contribution in [0.15, 0.2) is 0 Å². The molecule has 0 N–H and O–H groups in total. The molecule has 0 saturated carbocycles. The van der Waals surface area contributed by atoms with Gasteiger partial charge in [-0.2, -0.15) is 11.8 Å². The number of nitrogens with zero attached hydrogens (tertiary/aromatic N) is 1. The lowest BCUT2D eigenvalue weighted by atomic mass is 10.1. The molecule has 1 aliphatic heterocycles. The van der Waals surface area contributed by atoms with E-state index in [2.05, 4.69) is 37.6 Å². The summed E-state index contributed by atoms with van der Waals surface area (Å²) in [5.74, 6) is 0. The van der Waals surface area contributed by atoms with Crippen molar-refractivity contribution in [2.24, 2.45) is 0 Å². The number of piperidine rings is 1. The minimum Gasteiger partial charge on any atom is -0.305 e. The summed E-state index contributed by atoms with van der Waals surface area (Å²) in [6.07, 6.45) is 2.81. The molecule has 0 aromatic carbocycles. The van der Waals surface area contributed by atoms with Gasteiger partial charge in [0.2, 0.25) is 0 Å². The summed E-state index contributed by atoms with van der Waals surface area (Å²) in [7, 11) is 2.23. The number of likely N-dealkylation sites (tertiary alicyclic amines) is 1. The molecule has 1 nitrogen and oxygen atoms in total. The first kappa shape index (κ1) is 9.40. The van der Waals surface area contributed by atoms with E-state index in [0.29, 0.717) is 0 Å². The van der Waals surface area contributed by atoms with Crippen LogP contribution in [-0.2, 0) is 0 Å². The number of thioether (sulfide) groups is 1. The molecule has 1 unspecified atom stereocenters. The van der Waals surface area contributed by atoms with Gasteiger partial charge in [0.1, 0.15) is 0 Å². The molecule has 0 aliphatic carbocycles. The zero-order valence-electron chi connectivity index (χ0n) is 7.84. The second-order valence-electron chi connectivity index (χ2n) is 3.71. The highest BCUT2D eigenvalue weighted by molar-refractivity contribution is 8.00. The van der Waals surface area contributed by atoms with E-state index in [1.54, 1.807) is 0 Å². The third-order valence-corrected chi connectivity index (χ3v) is 3.36. The zero-order chi connectivity index (χ0) is 8.27. The molecule has 11 heavy (non-hydrogen) atoms. The maximum Gasteiger partial charge on any atom is 0.0177 e. The third-order valence-electron chi connectivity index (χ3n) is 2.05. The van der Waals surface area contributed by atoms with E-state index >= 15 is 0 Å². The molecule has 0 aromatic heterocycles. The van der Waals surface area contributed by atoms with E-state index in [9.17, 15) is 0 Å². The van der Waals surface area contributed by atoms with Crippen LogP contribution in [0.2, 0.25) is 0 Å². The predicted octanol–water partition coefficient (Wildman–Crippen LogP) is 2.22. The fraction of sp³-hybridized carbons (Fsp3) is 1.00. The van der Waals surface area contributed by atoms with Crippen molar-refractivity contribution in [3.05, 3.63) is 0 Å². The van der Waals surface area contributed by atoms with Crippen molar-refractivity contribution < 1.29 is 0 Å². The normalized spacial score (nSPS) is 27.8. The molecular formula is C9H19NS. The Morgan fingerprint density at radius 2 is 2.18 bits per heavy atom. The Morgan fingerprint density at radius 3 is 2.73 bits per heavy atom. The van der Waals surface area contributed by atoms with E-state index in [1.165, 1.54) is 25.9 Å². The quantitative estimate of drug-likeness (QED) is 0.630. The van der Waals surface area contributed by atoms with Crippen molar-refractivity contribution in [2.45, 2.75) is 37.2 Å². The topological polar surface area (TPSA) is 3.24 Å². The molecule has 66 valence electrons. The van der Waals surface area contributed by atoms with Gasteiger partial charge in [0.15, 0.2) is 0 Å². The zero-order valence-corrected chi connectivity index (χ0v) is 8.66. The molecule has 2 heteroatoms. The average molecular weight is 173 g/mol. The van der Waals surface area contributed by atoms with Gasteiger partial charge in [-0.3, -0.25) is 0 Å². The maximum atomic E-state index is 2.45. The van der Waals surface area contributed by atoms with Crippen molar-refractivity contribution in [3.63, 3.8) is 0 Å². The predicted molar refractivity (Wildman–Crippen MR) is 53.2 cm³/mol. The summed E-state index contributed by atoms with van der Waals surface area (Å²) in [5, 5.41) is 1.69. The molecule has 1 fully saturated rings. The van der Waals surface area contributed by atoms with Crippen LogP contribution in [0.25, 0.3) is 0 Å². The SMILES string of the molecule is CC(C)SC1CCCN(C)C1. The summed E-state index contributed by atoms with van der Waals surface area (Å²) in [5.41, 5.74) is 0. The molecular weight excluding hydrogens is 154 g/mol. The van der Waals surface area contributed by atoms with Crippen LogP contribution in [0, 0.1) is 0 Å². The van der Waals surface area contributed by atoms with Gasteiger partial charge in [0.25, 0.3) is 0 Å². The van der Waals surface area contributed by atoms with Gasteiger partial charge in [-0.15, -0.1) is 0 Å². The first-order valence-corrected chi connectivity index (χ1v) is 5.47.